The van der Waals surface area contributed by atoms with E-state index in [0.29, 0.717) is 32.5 Å². The van der Waals surface area contributed by atoms with Crippen molar-refractivity contribution in [1.82, 2.24) is 20.1 Å². The first-order valence-electron chi connectivity index (χ1n) is 12.0. The maximum absolute atomic E-state index is 13.5. The molecule has 0 bridgehead atoms. The smallest absolute Gasteiger partial charge is 0.325 e. The van der Waals surface area contributed by atoms with Crippen molar-refractivity contribution in [3.63, 3.8) is 0 Å². The molecule has 4 amide bonds. The number of carbonyl (C=O) groups excluding carboxylic acids is 3. The molecule has 7 nitrogen and oxygen atoms in total. The van der Waals surface area contributed by atoms with Gasteiger partial charge in [0, 0.05) is 43.9 Å². The number of aromatic nitrogens is 1. The van der Waals surface area contributed by atoms with Crippen LogP contribution in [0.1, 0.15) is 57.6 Å². The van der Waals surface area contributed by atoms with Crippen LogP contribution in [0.15, 0.2) is 36.5 Å². The molecule has 2 fully saturated rings. The molecule has 1 aliphatic carbocycles. The molecule has 1 N–H and O–H groups in total. The maximum atomic E-state index is 13.5. The van der Waals surface area contributed by atoms with Gasteiger partial charge in [0.15, 0.2) is 0 Å². The third-order valence-electron chi connectivity index (χ3n) is 7.29. The van der Waals surface area contributed by atoms with E-state index in [2.05, 4.69) is 22.5 Å². The highest BCUT2D eigenvalue weighted by atomic mass is 16.2. The molecule has 172 valence electrons. The van der Waals surface area contributed by atoms with E-state index < -0.39 is 5.54 Å². The molecule has 2 saturated heterocycles. The third-order valence-corrected chi connectivity index (χ3v) is 7.29. The number of likely N-dealkylation sites (tertiary alicyclic amines) is 1. The van der Waals surface area contributed by atoms with Crippen LogP contribution in [0, 0.1) is 11.8 Å². The van der Waals surface area contributed by atoms with E-state index in [1.165, 1.54) is 4.90 Å². The summed E-state index contributed by atoms with van der Waals surface area (Å²) in [5.74, 6) is 0.281. The number of carbonyl (C=O) groups is 3. The molecule has 0 aromatic carbocycles. The fraction of sp³-hybridized carbons (Fsp3) is 0.600. The largest absolute Gasteiger partial charge is 0.342 e. The van der Waals surface area contributed by atoms with Crippen molar-refractivity contribution in [1.29, 1.82) is 0 Å². The van der Waals surface area contributed by atoms with Crippen molar-refractivity contribution in [3.8, 4) is 0 Å². The van der Waals surface area contributed by atoms with E-state index in [1.807, 2.05) is 30.0 Å². The fourth-order valence-electron chi connectivity index (χ4n) is 5.53. The Morgan fingerprint density at radius 1 is 1.19 bits per heavy atom. The first-order valence-corrected chi connectivity index (χ1v) is 12.0. The lowest BCUT2D eigenvalue weighted by molar-refractivity contribution is -0.139. The number of urea groups is 1. The Balaban J connectivity index is 1.41. The van der Waals surface area contributed by atoms with E-state index in [-0.39, 0.29) is 29.7 Å². The van der Waals surface area contributed by atoms with Crippen molar-refractivity contribution in [2.45, 2.75) is 63.8 Å². The molecule has 4 rings (SSSR count). The summed E-state index contributed by atoms with van der Waals surface area (Å²) < 4.78 is 0. The highest BCUT2D eigenvalue weighted by molar-refractivity contribution is 6.07. The number of nitrogens with zero attached hydrogens (tertiary/aromatic N) is 3. The van der Waals surface area contributed by atoms with Gasteiger partial charge >= 0.3 is 6.03 Å². The highest BCUT2D eigenvalue weighted by Gasteiger charge is 2.55. The van der Waals surface area contributed by atoms with E-state index >= 15 is 0 Å². The van der Waals surface area contributed by atoms with Crippen LogP contribution in [0.3, 0.4) is 0 Å². The normalized spacial score (nSPS) is 26.5. The van der Waals surface area contributed by atoms with Crippen LogP contribution in [0.25, 0.3) is 0 Å². The minimum absolute atomic E-state index is 0.0500. The highest BCUT2D eigenvalue weighted by Crippen LogP contribution is 2.37. The van der Waals surface area contributed by atoms with Gasteiger partial charge in [-0.3, -0.25) is 19.5 Å². The van der Waals surface area contributed by atoms with E-state index in [1.54, 1.807) is 6.20 Å². The number of rotatable bonds is 7. The molecule has 2 aliphatic heterocycles. The van der Waals surface area contributed by atoms with Gasteiger partial charge in [0.2, 0.25) is 5.91 Å². The predicted octanol–water partition coefficient (Wildman–Crippen LogP) is 3.31. The van der Waals surface area contributed by atoms with Gasteiger partial charge in [0.25, 0.3) is 5.91 Å². The van der Waals surface area contributed by atoms with Gasteiger partial charge in [0.1, 0.15) is 5.54 Å². The van der Waals surface area contributed by atoms with Crippen molar-refractivity contribution >= 4 is 17.8 Å². The predicted molar refractivity (Wildman–Crippen MR) is 122 cm³/mol. The molecule has 7 heteroatoms. The number of allylic oxidation sites excluding steroid dienone is 2. The second-order valence-corrected chi connectivity index (χ2v) is 9.26. The van der Waals surface area contributed by atoms with E-state index in [9.17, 15) is 14.4 Å². The Labute approximate surface area is 190 Å². The molecule has 32 heavy (non-hydrogen) atoms. The molecule has 1 aromatic rings. The van der Waals surface area contributed by atoms with Gasteiger partial charge in [-0.1, -0.05) is 31.6 Å². The van der Waals surface area contributed by atoms with Crippen LogP contribution in [-0.2, 0) is 16.0 Å². The Hall–Kier alpha value is -2.70. The maximum Gasteiger partial charge on any atom is 0.325 e. The minimum Gasteiger partial charge on any atom is -0.342 e. The van der Waals surface area contributed by atoms with Crippen LogP contribution < -0.4 is 5.32 Å². The van der Waals surface area contributed by atoms with Crippen LogP contribution in [0.4, 0.5) is 4.79 Å². The molecule has 0 radical (unpaired) electrons. The number of imide groups is 1. The Morgan fingerprint density at radius 3 is 2.66 bits per heavy atom. The average molecular weight is 439 g/mol. The fourth-order valence-corrected chi connectivity index (χ4v) is 5.53. The van der Waals surface area contributed by atoms with Gasteiger partial charge in [-0.25, -0.2) is 4.79 Å². The molecule has 0 unspecified atom stereocenters. The molecular weight excluding hydrogens is 404 g/mol. The number of pyridine rings is 1. The first kappa shape index (κ1) is 22.5. The van der Waals surface area contributed by atoms with Gasteiger partial charge < -0.3 is 10.2 Å². The van der Waals surface area contributed by atoms with Crippen LogP contribution >= 0.6 is 0 Å². The lowest BCUT2D eigenvalue weighted by atomic mass is 9.74. The lowest BCUT2D eigenvalue weighted by Crippen LogP contribution is -2.57. The van der Waals surface area contributed by atoms with Crippen LogP contribution in [0.5, 0.6) is 0 Å². The van der Waals surface area contributed by atoms with E-state index in [4.69, 9.17) is 0 Å². The molecular formula is C25H34N4O3. The lowest BCUT2D eigenvalue weighted by Gasteiger charge is -2.41. The SMILES string of the molecule is CCC[C@@]1(C2CCN(C(=O)[C@@H]3CC=CCC3)CC2)NC(=O)N(CCc2ccccn2)C1=O. The number of piperidine rings is 1. The molecule has 1 aromatic heterocycles. The summed E-state index contributed by atoms with van der Waals surface area (Å²) in [6.45, 7) is 3.70. The standard InChI is InChI=1S/C25H34N4O3/c1-2-14-25(20-11-16-28(17-12-20)22(30)19-8-4-3-5-9-19)23(31)29(24(32)27-25)18-13-21-10-6-7-15-26-21/h3-4,6-7,10,15,19-20H,2,5,8-9,11-14,16-18H2,1H3,(H,27,32)/t19-,25+/m1/s1. The molecule has 0 spiro atoms. The summed E-state index contributed by atoms with van der Waals surface area (Å²) in [4.78, 5) is 46.9. The van der Waals surface area contributed by atoms with Crippen molar-refractivity contribution in [2.24, 2.45) is 11.8 Å². The van der Waals surface area contributed by atoms with Gasteiger partial charge in [-0.05, 0) is 56.6 Å². The van der Waals surface area contributed by atoms with Gasteiger partial charge in [0.05, 0.1) is 0 Å². The zero-order valence-corrected chi connectivity index (χ0v) is 19.0. The second-order valence-electron chi connectivity index (χ2n) is 9.26. The first-order chi connectivity index (χ1) is 15.5. The summed E-state index contributed by atoms with van der Waals surface area (Å²) >= 11 is 0. The second kappa shape index (κ2) is 9.84. The van der Waals surface area contributed by atoms with Gasteiger partial charge in [-0.15, -0.1) is 0 Å². The summed E-state index contributed by atoms with van der Waals surface area (Å²) in [5, 5.41) is 3.09. The number of amides is 4. The Kier molecular flexibility index (Phi) is 6.92. The summed E-state index contributed by atoms with van der Waals surface area (Å²) in [5.41, 5.74) is 0.0176. The molecule has 0 saturated carbocycles. The van der Waals surface area contributed by atoms with Crippen molar-refractivity contribution in [3.05, 3.63) is 42.2 Å². The summed E-state index contributed by atoms with van der Waals surface area (Å²) in [6.07, 6.45) is 12.2. The van der Waals surface area contributed by atoms with Crippen LogP contribution in [-0.4, -0.2) is 57.8 Å². The molecule has 3 aliphatic rings. The van der Waals surface area contributed by atoms with Crippen LogP contribution in [0.2, 0.25) is 0 Å². The number of hydrogen-bond donors (Lipinski definition) is 1. The number of hydrogen-bond acceptors (Lipinski definition) is 4. The van der Waals surface area contributed by atoms with Crippen molar-refractivity contribution < 1.29 is 14.4 Å². The molecule has 2 atom stereocenters. The monoisotopic (exact) mass is 438 g/mol. The van der Waals surface area contributed by atoms with E-state index in [0.717, 1.165) is 44.2 Å². The summed E-state index contributed by atoms with van der Waals surface area (Å²) in [7, 11) is 0. The number of nitrogens with one attached hydrogen (secondary N) is 1. The van der Waals surface area contributed by atoms with Crippen molar-refractivity contribution in [2.75, 3.05) is 19.6 Å². The van der Waals surface area contributed by atoms with Gasteiger partial charge in [-0.2, -0.15) is 0 Å². The summed E-state index contributed by atoms with van der Waals surface area (Å²) in [6, 6.07) is 5.37. The Bertz CT molecular complexity index is 863. The average Bonchev–Trinajstić information content (AvgIpc) is 3.08. The zero-order valence-electron chi connectivity index (χ0n) is 19.0. The minimum atomic E-state index is -0.849. The third kappa shape index (κ3) is 4.43. The topological polar surface area (TPSA) is 82.6 Å². The Morgan fingerprint density at radius 2 is 2.00 bits per heavy atom. The molecule has 3 heterocycles. The zero-order chi connectivity index (χ0) is 22.6. The quantitative estimate of drug-likeness (QED) is 0.523.